The van der Waals surface area contributed by atoms with Gasteiger partial charge >= 0.3 is 5.97 Å². The number of hydrogen-bond donors (Lipinski definition) is 0. The molecule has 1 fully saturated rings. The van der Waals surface area contributed by atoms with Crippen LogP contribution < -0.4 is 0 Å². The molecular weight excluding hydrogens is 164 g/mol. The molecule has 2 nitrogen and oxygen atoms in total. The lowest BCUT2D eigenvalue weighted by Crippen LogP contribution is -2.41. The van der Waals surface area contributed by atoms with Crippen LogP contribution in [0.3, 0.4) is 0 Å². The summed E-state index contributed by atoms with van der Waals surface area (Å²) in [6.45, 7) is 4.86. The molecule has 1 heterocycles. The van der Waals surface area contributed by atoms with Crippen molar-refractivity contribution in [3.63, 3.8) is 0 Å². The second kappa shape index (κ2) is 2.60. The average Bonchev–Trinajstić information content (AvgIpc) is 2.40. The van der Waals surface area contributed by atoms with Crippen molar-refractivity contribution in [3.8, 4) is 0 Å². The Kier molecular flexibility index (Phi) is 1.76. The van der Waals surface area contributed by atoms with Crippen molar-refractivity contribution in [1.82, 2.24) is 0 Å². The number of esters is 1. The number of allylic oxidation sites excluding steroid dienone is 2. The van der Waals surface area contributed by atoms with E-state index >= 15 is 0 Å². The zero-order chi connectivity index (χ0) is 9.53. The minimum absolute atomic E-state index is 0.0156. The molecule has 2 atom stereocenters. The van der Waals surface area contributed by atoms with Gasteiger partial charge in [-0.05, 0) is 19.3 Å². The predicted molar refractivity (Wildman–Crippen MR) is 50.2 cm³/mol. The monoisotopic (exact) mass is 180 g/mol. The highest BCUT2D eigenvalue weighted by Gasteiger charge is 2.58. The van der Waals surface area contributed by atoms with Gasteiger partial charge in [-0.25, -0.2) is 0 Å². The highest BCUT2D eigenvalue weighted by molar-refractivity contribution is 5.80. The lowest BCUT2D eigenvalue weighted by molar-refractivity contribution is -0.147. The van der Waals surface area contributed by atoms with Crippen LogP contribution in [-0.4, -0.2) is 12.6 Å². The second-order valence-electron chi connectivity index (χ2n) is 4.45. The number of hydrogen-bond acceptors (Lipinski definition) is 2. The van der Waals surface area contributed by atoms with Gasteiger partial charge in [0.05, 0.1) is 12.0 Å². The van der Waals surface area contributed by atoms with Crippen LogP contribution in [0.25, 0.3) is 0 Å². The van der Waals surface area contributed by atoms with Gasteiger partial charge < -0.3 is 4.74 Å². The summed E-state index contributed by atoms with van der Waals surface area (Å²) in [4.78, 5) is 11.7. The maximum absolute atomic E-state index is 11.7. The van der Waals surface area contributed by atoms with E-state index < -0.39 is 0 Å². The van der Waals surface area contributed by atoms with Gasteiger partial charge in [0, 0.05) is 5.41 Å². The first-order valence-corrected chi connectivity index (χ1v) is 4.97. The average molecular weight is 180 g/mol. The van der Waals surface area contributed by atoms with Gasteiger partial charge in [0.1, 0.15) is 0 Å². The smallest absolute Gasteiger partial charge is 0.313 e. The highest BCUT2D eigenvalue weighted by atomic mass is 16.5. The summed E-state index contributed by atoms with van der Waals surface area (Å²) in [7, 11) is 0. The van der Waals surface area contributed by atoms with Crippen LogP contribution in [-0.2, 0) is 9.53 Å². The molecule has 0 spiro atoms. The lowest BCUT2D eigenvalue weighted by atomic mass is 9.59. The van der Waals surface area contributed by atoms with E-state index in [1.165, 1.54) is 0 Å². The van der Waals surface area contributed by atoms with Crippen LogP contribution in [0.5, 0.6) is 0 Å². The zero-order valence-corrected chi connectivity index (χ0v) is 8.30. The van der Waals surface area contributed by atoms with Crippen LogP contribution in [0.4, 0.5) is 0 Å². The highest BCUT2D eigenvalue weighted by Crippen LogP contribution is 2.55. The third-order valence-corrected chi connectivity index (χ3v) is 3.87. The largest absolute Gasteiger partial charge is 0.465 e. The summed E-state index contributed by atoms with van der Waals surface area (Å²) >= 11 is 0. The molecule has 2 rings (SSSR count). The van der Waals surface area contributed by atoms with Gasteiger partial charge in [0.2, 0.25) is 0 Å². The molecule has 72 valence electrons. The van der Waals surface area contributed by atoms with Crippen LogP contribution in [0, 0.1) is 10.8 Å². The maximum Gasteiger partial charge on any atom is 0.313 e. The summed E-state index contributed by atoms with van der Waals surface area (Å²) in [5.41, 5.74) is -0.171. The zero-order valence-electron chi connectivity index (χ0n) is 8.30. The van der Waals surface area contributed by atoms with Crippen molar-refractivity contribution in [2.45, 2.75) is 33.1 Å². The van der Waals surface area contributed by atoms with Crippen LogP contribution in [0.2, 0.25) is 0 Å². The molecule has 0 radical (unpaired) electrons. The predicted octanol–water partition coefficient (Wildman–Crippen LogP) is 2.30. The van der Waals surface area contributed by atoms with E-state index in [0.29, 0.717) is 6.61 Å². The molecule has 0 saturated carbocycles. The van der Waals surface area contributed by atoms with E-state index in [9.17, 15) is 4.79 Å². The van der Waals surface area contributed by atoms with Gasteiger partial charge in [-0.3, -0.25) is 4.79 Å². The van der Waals surface area contributed by atoms with Crippen molar-refractivity contribution >= 4 is 5.97 Å². The molecule has 2 unspecified atom stereocenters. The van der Waals surface area contributed by atoms with Crippen LogP contribution >= 0.6 is 0 Å². The van der Waals surface area contributed by atoms with Crippen molar-refractivity contribution in [2.24, 2.45) is 10.8 Å². The molecular formula is C11H16O2. The molecule has 1 aliphatic carbocycles. The van der Waals surface area contributed by atoms with Crippen LogP contribution in [0.1, 0.15) is 33.1 Å². The number of carbonyl (C=O) groups excluding carboxylic acids is 1. The molecule has 0 aromatic carbocycles. The summed E-state index contributed by atoms with van der Waals surface area (Å²) in [5, 5.41) is 0. The third kappa shape index (κ3) is 0.917. The van der Waals surface area contributed by atoms with Crippen molar-refractivity contribution in [1.29, 1.82) is 0 Å². The van der Waals surface area contributed by atoms with Crippen LogP contribution in [0.15, 0.2) is 12.2 Å². The number of carbonyl (C=O) groups is 1. The molecule has 0 aromatic rings. The number of fused-ring (bicyclic) bond motifs is 1. The number of rotatable bonds is 1. The van der Waals surface area contributed by atoms with Gasteiger partial charge in [0.15, 0.2) is 0 Å². The second-order valence-corrected chi connectivity index (χ2v) is 4.45. The fourth-order valence-corrected chi connectivity index (χ4v) is 2.67. The Morgan fingerprint density at radius 1 is 1.46 bits per heavy atom. The molecule has 0 bridgehead atoms. The van der Waals surface area contributed by atoms with E-state index in [2.05, 4.69) is 26.0 Å². The number of ether oxygens (including phenoxy) is 1. The Bertz CT molecular complexity index is 269. The van der Waals surface area contributed by atoms with Crippen molar-refractivity contribution < 1.29 is 9.53 Å². The summed E-state index contributed by atoms with van der Waals surface area (Å²) in [6, 6.07) is 0. The van der Waals surface area contributed by atoms with Crippen molar-refractivity contribution in [3.05, 3.63) is 12.2 Å². The third-order valence-electron chi connectivity index (χ3n) is 3.87. The minimum Gasteiger partial charge on any atom is -0.465 e. The normalized spacial score (nSPS) is 43.1. The quantitative estimate of drug-likeness (QED) is 0.457. The maximum atomic E-state index is 11.7. The molecule has 0 N–H and O–H groups in total. The molecule has 2 aliphatic rings. The minimum atomic E-state index is -0.220. The van der Waals surface area contributed by atoms with Gasteiger partial charge in [-0.1, -0.05) is 26.0 Å². The van der Waals surface area contributed by atoms with E-state index in [1.54, 1.807) is 0 Å². The van der Waals surface area contributed by atoms with E-state index in [0.717, 1.165) is 19.3 Å². The van der Waals surface area contributed by atoms with Crippen molar-refractivity contribution in [2.75, 3.05) is 6.61 Å². The summed E-state index contributed by atoms with van der Waals surface area (Å²) < 4.78 is 5.22. The Morgan fingerprint density at radius 3 is 2.77 bits per heavy atom. The standard InChI is InChI=1S/C11H16O2/c1-3-11-7-5-4-6-10(11,2)8-13-9(11)12/h4-5H,3,6-8H2,1-2H3. The first-order valence-electron chi connectivity index (χ1n) is 4.97. The molecule has 1 saturated heterocycles. The fourth-order valence-electron chi connectivity index (χ4n) is 2.67. The van der Waals surface area contributed by atoms with E-state index in [-0.39, 0.29) is 16.8 Å². The van der Waals surface area contributed by atoms with E-state index in [1.807, 2.05) is 0 Å². The summed E-state index contributed by atoms with van der Waals surface area (Å²) in [5.74, 6) is 0.0156. The van der Waals surface area contributed by atoms with Gasteiger partial charge in [-0.15, -0.1) is 0 Å². The lowest BCUT2D eigenvalue weighted by Gasteiger charge is -2.39. The topological polar surface area (TPSA) is 26.3 Å². The molecule has 1 aliphatic heterocycles. The first kappa shape index (κ1) is 8.79. The van der Waals surface area contributed by atoms with E-state index in [4.69, 9.17) is 4.74 Å². The first-order chi connectivity index (χ1) is 6.15. The molecule has 2 heteroatoms. The SMILES string of the molecule is CCC12CC=CCC1(C)COC2=O. The number of cyclic esters (lactones) is 1. The summed E-state index contributed by atoms with van der Waals surface area (Å²) in [6.07, 6.45) is 7.03. The Morgan fingerprint density at radius 2 is 2.15 bits per heavy atom. The fraction of sp³-hybridized carbons (Fsp3) is 0.727. The van der Waals surface area contributed by atoms with Gasteiger partial charge in [-0.2, -0.15) is 0 Å². The Labute approximate surface area is 79.0 Å². The Hall–Kier alpha value is -0.790. The Balaban J connectivity index is 2.44. The molecule has 0 aromatic heterocycles. The molecule has 0 amide bonds. The van der Waals surface area contributed by atoms with Gasteiger partial charge in [0.25, 0.3) is 0 Å². The molecule has 13 heavy (non-hydrogen) atoms.